The molecule has 0 saturated carbocycles. The van der Waals surface area contributed by atoms with E-state index in [9.17, 15) is 9.59 Å². The van der Waals surface area contributed by atoms with E-state index in [-0.39, 0.29) is 6.10 Å². The number of urea groups is 1. The molecule has 0 bridgehead atoms. The van der Waals surface area contributed by atoms with Crippen LogP contribution in [0.4, 0.5) is 4.79 Å². The highest BCUT2D eigenvalue weighted by Gasteiger charge is 2.36. The Kier molecular flexibility index (Phi) is 7.34. The topological polar surface area (TPSA) is 117 Å². The molecule has 22 heavy (non-hydrogen) atoms. The van der Waals surface area contributed by atoms with E-state index in [2.05, 4.69) is 5.32 Å². The van der Waals surface area contributed by atoms with E-state index >= 15 is 0 Å². The van der Waals surface area contributed by atoms with Crippen LogP contribution in [0.5, 0.6) is 0 Å². The molecule has 0 aliphatic heterocycles. The number of carbonyl (C=O) groups is 2. The van der Waals surface area contributed by atoms with E-state index in [1.807, 2.05) is 13.8 Å². The molecule has 0 spiro atoms. The largest absolute Gasteiger partial charge is 0.463 e. The van der Waals surface area contributed by atoms with Gasteiger partial charge in [0.15, 0.2) is 0 Å². The summed E-state index contributed by atoms with van der Waals surface area (Å²) in [5, 5.41) is 2.62. The minimum Gasteiger partial charge on any atom is -0.463 e. The molecule has 0 fully saturated rings. The maximum absolute atomic E-state index is 11.9. The molecular formula is C15H27N3O4. The molecular weight excluding hydrogens is 286 g/mol. The smallest absolute Gasteiger partial charge is 0.333 e. The summed E-state index contributed by atoms with van der Waals surface area (Å²) < 4.78 is 11.0. The molecule has 0 radical (unpaired) electrons. The van der Waals surface area contributed by atoms with Gasteiger partial charge in [0.25, 0.3) is 0 Å². The van der Waals surface area contributed by atoms with Crippen molar-refractivity contribution >= 4 is 12.0 Å². The zero-order chi connectivity index (χ0) is 16.7. The first-order valence-electron chi connectivity index (χ1n) is 7.77. The first-order chi connectivity index (χ1) is 10.4. The van der Waals surface area contributed by atoms with Gasteiger partial charge < -0.3 is 26.3 Å². The predicted molar refractivity (Wildman–Crippen MR) is 83.1 cm³/mol. The second-order valence-electron chi connectivity index (χ2n) is 5.35. The number of carbonyl (C=O) groups excluding carboxylic acids is 2. The zero-order valence-electron chi connectivity index (χ0n) is 13.5. The van der Waals surface area contributed by atoms with Crippen molar-refractivity contribution in [1.29, 1.82) is 0 Å². The summed E-state index contributed by atoms with van der Waals surface area (Å²) in [4.78, 5) is 23.1. The summed E-state index contributed by atoms with van der Waals surface area (Å²) in [5.74, 6) is -0.395. The van der Waals surface area contributed by atoms with Gasteiger partial charge in [-0.3, -0.25) is 0 Å². The van der Waals surface area contributed by atoms with E-state index in [1.165, 1.54) is 0 Å². The van der Waals surface area contributed by atoms with Crippen molar-refractivity contribution < 1.29 is 19.1 Å². The van der Waals surface area contributed by atoms with Gasteiger partial charge in [0.2, 0.25) is 0 Å². The molecule has 0 unspecified atom stereocenters. The number of nitrogens with two attached hydrogens (primary N) is 2. The van der Waals surface area contributed by atoms with Crippen LogP contribution in [0.25, 0.3) is 0 Å². The molecule has 0 aromatic carbocycles. The molecule has 1 rings (SSSR count). The molecule has 0 aromatic heterocycles. The number of nitrogens with one attached hydrogen (secondary N) is 1. The Morgan fingerprint density at radius 1 is 1.36 bits per heavy atom. The number of amides is 2. The van der Waals surface area contributed by atoms with E-state index in [0.29, 0.717) is 18.6 Å². The Hall–Kier alpha value is -1.60. The van der Waals surface area contributed by atoms with E-state index in [0.717, 1.165) is 12.8 Å². The lowest BCUT2D eigenvalue weighted by Crippen LogP contribution is -2.58. The SMILES string of the molecule is CCOC(=O)C1=C[C@@H](OC(CC)CC)[C@H](NC(N)=O)[C@@H](N)C1. The minimum absolute atomic E-state index is 0.0205. The van der Waals surface area contributed by atoms with Crippen LogP contribution < -0.4 is 16.8 Å². The molecule has 7 nitrogen and oxygen atoms in total. The number of esters is 1. The first kappa shape index (κ1) is 18.4. The van der Waals surface area contributed by atoms with Gasteiger partial charge in [0.05, 0.1) is 24.9 Å². The fraction of sp³-hybridized carbons (Fsp3) is 0.733. The fourth-order valence-electron chi connectivity index (χ4n) is 2.55. The van der Waals surface area contributed by atoms with Gasteiger partial charge in [-0.15, -0.1) is 0 Å². The van der Waals surface area contributed by atoms with Gasteiger partial charge in [0, 0.05) is 11.6 Å². The number of ether oxygens (including phenoxy) is 2. The van der Waals surface area contributed by atoms with Crippen molar-refractivity contribution in [3.8, 4) is 0 Å². The molecule has 2 amide bonds. The molecule has 3 atom stereocenters. The summed E-state index contributed by atoms with van der Waals surface area (Å²) in [5.41, 5.74) is 11.8. The zero-order valence-corrected chi connectivity index (χ0v) is 13.5. The highest BCUT2D eigenvalue weighted by atomic mass is 16.5. The number of hydrogen-bond acceptors (Lipinski definition) is 5. The summed E-state index contributed by atoms with van der Waals surface area (Å²) in [6.07, 6.45) is 3.18. The maximum atomic E-state index is 11.9. The van der Waals surface area contributed by atoms with Crippen LogP contribution in [0.1, 0.15) is 40.0 Å². The van der Waals surface area contributed by atoms with Crippen molar-refractivity contribution in [2.24, 2.45) is 11.5 Å². The van der Waals surface area contributed by atoms with Crippen molar-refractivity contribution in [2.75, 3.05) is 6.61 Å². The van der Waals surface area contributed by atoms with Gasteiger partial charge in [-0.25, -0.2) is 9.59 Å². The van der Waals surface area contributed by atoms with Gasteiger partial charge >= 0.3 is 12.0 Å². The second kappa shape index (κ2) is 8.75. The Bertz CT molecular complexity index is 421. The lowest BCUT2D eigenvalue weighted by molar-refractivity contribution is -0.139. The lowest BCUT2D eigenvalue weighted by Gasteiger charge is -2.36. The van der Waals surface area contributed by atoms with Crippen LogP contribution in [0.3, 0.4) is 0 Å². The first-order valence-corrected chi connectivity index (χ1v) is 7.77. The average molecular weight is 313 g/mol. The number of primary amides is 1. The molecule has 0 aromatic rings. The minimum atomic E-state index is -0.661. The molecule has 0 heterocycles. The fourth-order valence-corrected chi connectivity index (χ4v) is 2.55. The summed E-state index contributed by atoms with van der Waals surface area (Å²) >= 11 is 0. The highest BCUT2D eigenvalue weighted by molar-refractivity contribution is 5.89. The monoisotopic (exact) mass is 313 g/mol. The normalized spacial score (nSPS) is 24.8. The molecule has 1 aliphatic rings. The Labute approximate surface area is 131 Å². The maximum Gasteiger partial charge on any atom is 0.333 e. The predicted octanol–water partition coefficient (Wildman–Crippen LogP) is 0.818. The highest BCUT2D eigenvalue weighted by Crippen LogP contribution is 2.23. The average Bonchev–Trinajstić information content (AvgIpc) is 2.47. The summed E-state index contributed by atoms with van der Waals surface area (Å²) in [6, 6.07) is -1.58. The molecule has 0 saturated heterocycles. The van der Waals surface area contributed by atoms with Crippen LogP contribution in [0, 0.1) is 0 Å². The number of rotatable bonds is 7. The summed E-state index contributed by atoms with van der Waals surface area (Å²) in [7, 11) is 0. The third kappa shape index (κ3) is 4.99. The Morgan fingerprint density at radius 3 is 2.50 bits per heavy atom. The van der Waals surface area contributed by atoms with E-state index in [4.69, 9.17) is 20.9 Å². The second-order valence-corrected chi connectivity index (χ2v) is 5.35. The van der Waals surface area contributed by atoms with Gasteiger partial charge in [-0.1, -0.05) is 13.8 Å². The van der Waals surface area contributed by atoms with Crippen LogP contribution in [-0.4, -0.2) is 42.9 Å². The third-order valence-electron chi connectivity index (χ3n) is 3.74. The van der Waals surface area contributed by atoms with Crippen LogP contribution in [0.2, 0.25) is 0 Å². The third-order valence-corrected chi connectivity index (χ3v) is 3.74. The lowest BCUT2D eigenvalue weighted by atomic mass is 9.88. The standard InChI is InChI=1S/C15H27N3O4/c1-4-10(5-2)22-12-8-9(14(19)21-6-3)7-11(16)13(12)18-15(17)20/h8,10-13H,4-7,16H2,1-3H3,(H3,17,18,20)/t11-,12+,13+/m0/s1. The van der Waals surface area contributed by atoms with Crippen LogP contribution in [0.15, 0.2) is 11.6 Å². The van der Waals surface area contributed by atoms with Crippen molar-refractivity contribution in [3.63, 3.8) is 0 Å². The Morgan fingerprint density at radius 2 is 2.00 bits per heavy atom. The molecule has 126 valence electrons. The Balaban J connectivity index is 2.98. The van der Waals surface area contributed by atoms with E-state index in [1.54, 1.807) is 13.0 Å². The van der Waals surface area contributed by atoms with E-state index < -0.39 is 30.2 Å². The van der Waals surface area contributed by atoms with Crippen LogP contribution >= 0.6 is 0 Å². The van der Waals surface area contributed by atoms with Gasteiger partial charge in [-0.05, 0) is 32.3 Å². The summed E-state index contributed by atoms with van der Waals surface area (Å²) in [6.45, 7) is 6.08. The van der Waals surface area contributed by atoms with Gasteiger partial charge in [0.1, 0.15) is 0 Å². The van der Waals surface area contributed by atoms with Crippen molar-refractivity contribution in [3.05, 3.63) is 11.6 Å². The number of hydrogen-bond donors (Lipinski definition) is 3. The van der Waals surface area contributed by atoms with Crippen molar-refractivity contribution in [2.45, 2.75) is 64.3 Å². The van der Waals surface area contributed by atoms with Crippen LogP contribution in [-0.2, 0) is 14.3 Å². The molecule has 5 N–H and O–H groups in total. The van der Waals surface area contributed by atoms with Crippen molar-refractivity contribution in [1.82, 2.24) is 5.32 Å². The van der Waals surface area contributed by atoms with Gasteiger partial charge in [-0.2, -0.15) is 0 Å². The molecule has 1 aliphatic carbocycles. The molecule has 7 heteroatoms. The quantitative estimate of drug-likeness (QED) is 0.602.